The molecule has 0 saturated carbocycles. The molecule has 2 aromatic carbocycles. The molecule has 0 aliphatic rings. The van der Waals surface area contributed by atoms with E-state index in [9.17, 15) is 4.79 Å². The predicted molar refractivity (Wildman–Crippen MR) is 152 cm³/mol. The summed E-state index contributed by atoms with van der Waals surface area (Å²) in [6.07, 6.45) is 3.69. The molecule has 0 aliphatic heterocycles. The minimum Gasteiger partial charge on any atom is -0.385 e. The maximum Gasteiger partial charge on any atom is 0.504 e. The van der Waals surface area contributed by atoms with Gasteiger partial charge in [-0.2, -0.15) is 0 Å². The van der Waals surface area contributed by atoms with E-state index < -0.39 is 8.80 Å². The molecular formula is C29H44N2O4Si. The molecule has 1 atom stereocenters. The lowest BCUT2D eigenvalue weighted by molar-refractivity contribution is -0.112. The highest BCUT2D eigenvalue weighted by molar-refractivity contribution is 6.62. The molecule has 0 radical (unpaired) electrons. The summed E-state index contributed by atoms with van der Waals surface area (Å²) < 4.78 is 19.0. The Hall–Kier alpha value is -2.45. The number of hydrogen-bond donors (Lipinski definition) is 2. The second-order valence-corrected chi connectivity index (χ2v) is 12.2. The van der Waals surface area contributed by atoms with Gasteiger partial charge in [0.1, 0.15) is 0 Å². The van der Waals surface area contributed by atoms with E-state index in [1.54, 1.807) is 6.92 Å². The van der Waals surface area contributed by atoms with Crippen molar-refractivity contribution in [2.45, 2.75) is 65.8 Å². The van der Waals surface area contributed by atoms with Crippen molar-refractivity contribution in [2.75, 3.05) is 37.0 Å². The Kier molecular flexibility index (Phi) is 12.9. The van der Waals surface area contributed by atoms with Crippen LogP contribution < -0.4 is 10.6 Å². The number of carbonyl (C=O) groups is 1. The number of benzene rings is 2. The molecule has 7 heteroatoms. The summed E-state index contributed by atoms with van der Waals surface area (Å²) in [6.45, 7) is 16.7. The lowest BCUT2D eigenvalue weighted by Gasteiger charge is -2.34. The second-order valence-electron chi connectivity index (χ2n) is 9.12. The monoisotopic (exact) mass is 512 g/mol. The molecule has 198 valence electrons. The van der Waals surface area contributed by atoms with Gasteiger partial charge < -0.3 is 23.9 Å². The van der Waals surface area contributed by atoms with E-state index in [4.69, 9.17) is 13.3 Å². The Morgan fingerprint density at radius 2 is 1.47 bits per heavy atom. The normalized spacial score (nSPS) is 12.2. The standard InChI is InChI=1S/C29H44N2O4Si/c1-7-20-33-36(34-21-8-2,35-22-9-3)24(6)18-19-30-28-13-11-10-12-27(28)25-14-16-26(17-15-25)31-29(32)23(4)5/h10-17,24,30H,4,7-9,18-22H2,1-3,5-6H3,(H,31,32). The van der Waals surface area contributed by atoms with Crippen molar-refractivity contribution in [3.05, 3.63) is 60.7 Å². The molecule has 0 aliphatic carbocycles. The average molecular weight is 513 g/mol. The average Bonchev–Trinajstić information content (AvgIpc) is 2.89. The first kappa shape index (κ1) is 29.8. The third-order valence-corrected chi connectivity index (χ3v) is 9.10. The van der Waals surface area contributed by atoms with Crippen LogP contribution >= 0.6 is 0 Å². The number of hydrogen-bond acceptors (Lipinski definition) is 5. The van der Waals surface area contributed by atoms with E-state index in [-0.39, 0.29) is 11.4 Å². The van der Waals surface area contributed by atoms with E-state index >= 15 is 0 Å². The highest BCUT2D eigenvalue weighted by Crippen LogP contribution is 2.32. The van der Waals surface area contributed by atoms with Crippen molar-refractivity contribution in [1.29, 1.82) is 0 Å². The van der Waals surface area contributed by atoms with Gasteiger partial charge in [-0.25, -0.2) is 0 Å². The van der Waals surface area contributed by atoms with Gasteiger partial charge in [0.15, 0.2) is 0 Å². The predicted octanol–water partition coefficient (Wildman–Crippen LogP) is 7.28. The van der Waals surface area contributed by atoms with E-state index in [0.717, 1.165) is 54.7 Å². The number of carbonyl (C=O) groups excluding carboxylic acids is 1. The summed E-state index contributed by atoms with van der Waals surface area (Å²) in [5, 5.41) is 6.47. The van der Waals surface area contributed by atoms with E-state index in [2.05, 4.69) is 57.0 Å². The van der Waals surface area contributed by atoms with Crippen LogP contribution in [0, 0.1) is 0 Å². The highest BCUT2D eigenvalue weighted by Gasteiger charge is 2.46. The molecule has 0 aromatic heterocycles. The van der Waals surface area contributed by atoms with Gasteiger partial charge >= 0.3 is 8.80 Å². The molecule has 1 amide bonds. The summed E-state index contributed by atoms with van der Waals surface area (Å²) in [4.78, 5) is 11.9. The summed E-state index contributed by atoms with van der Waals surface area (Å²) >= 11 is 0. The summed E-state index contributed by atoms with van der Waals surface area (Å²) in [5.74, 6) is -0.174. The lowest BCUT2D eigenvalue weighted by Crippen LogP contribution is -2.50. The molecule has 36 heavy (non-hydrogen) atoms. The van der Waals surface area contributed by atoms with Gasteiger partial charge in [0.25, 0.3) is 5.91 Å². The zero-order valence-electron chi connectivity index (χ0n) is 22.7. The van der Waals surface area contributed by atoms with Crippen molar-refractivity contribution in [3.8, 4) is 11.1 Å². The van der Waals surface area contributed by atoms with E-state index in [1.807, 2.05) is 36.4 Å². The lowest BCUT2D eigenvalue weighted by atomic mass is 10.0. The number of para-hydroxylation sites is 1. The van der Waals surface area contributed by atoms with E-state index in [0.29, 0.717) is 25.4 Å². The molecule has 0 bridgehead atoms. The maximum atomic E-state index is 11.9. The van der Waals surface area contributed by atoms with E-state index in [1.165, 1.54) is 0 Å². The smallest absolute Gasteiger partial charge is 0.385 e. The topological polar surface area (TPSA) is 68.8 Å². The first-order valence-corrected chi connectivity index (χ1v) is 15.0. The fourth-order valence-corrected chi connectivity index (χ4v) is 6.81. The van der Waals surface area contributed by atoms with Crippen LogP contribution in [0.2, 0.25) is 5.54 Å². The Morgan fingerprint density at radius 1 is 0.917 bits per heavy atom. The van der Waals surface area contributed by atoms with Crippen molar-refractivity contribution in [1.82, 2.24) is 0 Å². The van der Waals surface area contributed by atoms with Gasteiger partial charge in [-0.3, -0.25) is 4.79 Å². The van der Waals surface area contributed by atoms with Gasteiger partial charge in [0, 0.05) is 54.4 Å². The highest BCUT2D eigenvalue weighted by atomic mass is 28.4. The van der Waals surface area contributed by atoms with Gasteiger partial charge in [-0.15, -0.1) is 0 Å². The van der Waals surface area contributed by atoms with Crippen molar-refractivity contribution in [2.24, 2.45) is 0 Å². The van der Waals surface area contributed by atoms with Gasteiger partial charge in [0.05, 0.1) is 0 Å². The van der Waals surface area contributed by atoms with Crippen molar-refractivity contribution >= 4 is 26.1 Å². The molecule has 2 rings (SSSR count). The SMILES string of the molecule is C=C(C)C(=O)Nc1ccc(-c2ccccc2NCCC(C)[Si](OCCC)(OCCC)OCCC)cc1. The third-order valence-electron chi connectivity index (χ3n) is 5.79. The first-order valence-electron chi connectivity index (χ1n) is 13.2. The fourth-order valence-electron chi connectivity index (χ4n) is 3.74. The Bertz CT molecular complexity index is 927. The fraction of sp³-hybridized carbons (Fsp3) is 0.483. The zero-order chi connectivity index (χ0) is 26.4. The molecule has 0 heterocycles. The van der Waals surface area contributed by atoms with Crippen LogP contribution in [0.1, 0.15) is 60.3 Å². The number of anilines is 2. The Morgan fingerprint density at radius 3 is 2.00 bits per heavy atom. The quantitative estimate of drug-likeness (QED) is 0.172. The van der Waals surface area contributed by atoms with Gasteiger partial charge in [-0.05, 0) is 56.4 Å². The minimum absolute atomic E-state index is 0.174. The number of amides is 1. The molecule has 0 saturated heterocycles. The van der Waals surface area contributed by atoms with Crippen molar-refractivity contribution in [3.63, 3.8) is 0 Å². The summed E-state index contributed by atoms with van der Waals surface area (Å²) in [7, 11) is -2.79. The number of nitrogens with one attached hydrogen (secondary N) is 2. The molecule has 6 nitrogen and oxygen atoms in total. The Balaban J connectivity index is 2.10. The second kappa shape index (κ2) is 15.6. The summed E-state index contributed by atoms with van der Waals surface area (Å²) in [6, 6.07) is 16.1. The maximum absolute atomic E-state index is 11.9. The molecule has 1 unspecified atom stereocenters. The van der Waals surface area contributed by atoms with Crippen LogP contribution in [0.5, 0.6) is 0 Å². The molecule has 2 N–H and O–H groups in total. The van der Waals surface area contributed by atoms with Gasteiger partial charge in [-0.1, -0.05) is 64.6 Å². The van der Waals surface area contributed by atoms with Crippen LogP contribution in [0.25, 0.3) is 11.1 Å². The summed E-state index contributed by atoms with van der Waals surface area (Å²) in [5.41, 5.74) is 4.66. The van der Waals surface area contributed by atoms with Crippen molar-refractivity contribution < 1.29 is 18.1 Å². The van der Waals surface area contributed by atoms with Crippen LogP contribution in [0.4, 0.5) is 11.4 Å². The van der Waals surface area contributed by atoms with Crippen LogP contribution in [0.3, 0.4) is 0 Å². The third kappa shape index (κ3) is 8.89. The van der Waals surface area contributed by atoms with Gasteiger partial charge in [0.2, 0.25) is 0 Å². The Labute approximate surface area is 218 Å². The minimum atomic E-state index is -2.79. The molecule has 0 fully saturated rings. The zero-order valence-corrected chi connectivity index (χ0v) is 23.7. The molecular weight excluding hydrogens is 468 g/mol. The van der Waals surface area contributed by atoms with Crippen LogP contribution in [0.15, 0.2) is 60.7 Å². The first-order chi connectivity index (χ1) is 17.4. The molecule has 2 aromatic rings. The molecule has 0 spiro atoms. The van der Waals surface area contributed by atoms with Crippen LogP contribution in [-0.4, -0.2) is 41.1 Å². The largest absolute Gasteiger partial charge is 0.504 e. The number of rotatable bonds is 17. The van der Waals surface area contributed by atoms with Crippen LogP contribution in [-0.2, 0) is 18.1 Å².